The molecule has 1 saturated heterocycles. The summed E-state index contributed by atoms with van der Waals surface area (Å²) < 4.78 is 13.5. The predicted octanol–water partition coefficient (Wildman–Crippen LogP) is 2.86. The number of amides is 2. The lowest BCUT2D eigenvalue weighted by Gasteiger charge is -2.16. The van der Waals surface area contributed by atoms with E-state index >= 15 is 0 Å². The van der Waals surface area contributed by atoms with Crippen molar-refractivity contribution in [2.24, 2.45) is 11.8 Å². The lowest BCUT2D eigenvalue weighted by molar-refractivity contribution is -0.129. The van der Waals surface area contributed by atoms with E-state index < -0.39 is 0 Å². The molecule has 3 rings (SSSR count). The molecular formula is C20H26FN3O2. The van der Waals surface area contributed by atoms with E-state index in [1.54, 1.807) is 11.0 Å². The maximum Gasteiger partial charge on any atom is 0.225 e. The van der Waals surface area contributed by atoms with Crippen LogP contribution in [0.4, 0.5) is 4.39 Å². The summed E-state index contributed by atoms with van der Waals surface area (Å²) in [5.41, 5.74) is 1.87. The summed E-state index contributed by atoms with van der Waals surface area (Å²) in [6.07, 6.45) is 3.71. The third kappa shape index (κ3) is 4.23. The Morgan fingerprint density at radius 1 is 1.42 bits per heavy atom. The Morgan fingerprint density at radius 2 is 2.23 bits per heavy atom. The highest BCUT2D eigenvalue weighted by molar-refractivity contribution is 5.89. The van der Waals surface area contributed by atoms with Crippen molar-refractivity contribution in [2.45, 2.75) is 33.1 Å². The maximum absolute atomic E-state index is 13.5. The average molecular weight is 359 g/mol. The summed E-state index contributed by atoms with van der Waals surface area (Å²) in [6.45, 7) is 5.89. The Hall–Kier alpha value is -2.37. The van der Waals surface area contributed by atoms with Crippen LogP contribution in [0, 0.1) is 17.7 Å². The Kier molecular flexibility index (Phi) is 5.59. The molecule has 5 nitrogen and oxygen atoms in total. The van der Waals surface area contributed by atoms with E-state index in [1.807, 2.05) is 6.20 Å². The van der Waals surface area contributed by atoms with Gasteiger partial charge in [-0.25, -0.2) is 4.39 Å². The molecule has 0 aliphatic carbocycles. The van der Waals surface area contributed by atoms with Crippen LogP contribution in [0.1, 0.15) is 32.3 Å². The third-order valence-electron chi connectivity index (χ3n) is 4.99. The second kappa shape index (κ2) is 7.89. The Morgan fingerprint density at radius 3 is 3.00 bits per heavy atom. The number of carbonyl (C=O) groups is 2. The van der Waals surface area contributed by atoms with Crippen molar-refractivity contribution >= 4 is 22.7 Å². The summed E-state index contributed by atoms with van der Waals surface area (Å²) in [5.74, 6) is -0.0162. The molecule has 0 spiro atoms. The molecule has 1 aromatic heterocycles. The number of hydrogen-bond acceptors (Lipinski definition) is 2. The molecule has 0 unspecified atom stereocenters. The van der Waals surface area contributed by atoms with Crippen LogP contribution in [-0.2, 0) is 16.0 Å². The fourth-order valence-electron chi connectivity index (χ4n) is 3.41. The maximum atomic E-state index is 13.5. The SMILES string of the molecule is CC(C)CCNC(=O)[C@H]1CC(=O)N(CCc2c[nH]c3ccc(F)cc23)C1. The van der Waals surface area contributed by atoms with E-state index in [-0.39, 0.29) is 30.0 Å². The van der Waals surface area contributed by atoms with E-state index in [0.29, 0.717) is 32.0 Å². The van der Waals surface area contributed by atoms with Crippen LogP contribution in [-0.4, -0.2) is 41.3 Å². The molecule has 0 bridgehead atoms. The molecule has 6 heteroatoms. The summed E-state index contributed by atoms with van der Waals surface area (Å²) in [5, 5.41) is 3.78. The van der Waals surface area contributed by atoms with Gasteiger partial charge in [0.2, 0.25) is 11.8 Å². The minimum atomic E-state index is -0.270. The van der Waals surface area contributed by atoms with E-state index in [4.69, 9.17) is 0 Å². The van der Waals surface area contributed by atoms with Crippen molar-refractivity contribution in [3.05, 3.63) is 35.8 Å². The van der Waals surface area contributed by atoms with Gasteiger partial charge in [0.05, 0.1) is 5.92 Å². The molecule has 0 radical (unpaired) electrons. The summed E-state index contributed by atoms with van der Waals surface area (Å²) >= 11 is 0. The van der Waals surface area contributed by atoms with Crippen LogP contribution in [0.3, 0.4) is 0 Å². The standard InChI is InChI=1S/C20H26FN3O2/c1-13(2)5-7-22-20(26)15-9-19(25)24(12-15)8-6-14-11-23-18-4-3-16(21)10-17(14)18/h3-4,10-11,13,15,23H,5-9,12H2,1-2H3,(H,22,26)/t15-/m0/s1. The monoisotopic (exact) mass is 359 g/mol. The van der Waals surface area contributed by atoms with Crippen molar-refractivity contribution < 1.29 is 14.0 Å². The molecule has 140 valence electrons. The molecular weight excluding hydrogens is 333 g/mol. The molecule has 1 atom stereocenters. The van der Waals surface area contributed by atoms with Gasteiger partial charge in [0.1, 0.15) is 5.82 Å². The number of benzene rings is 1. The van der Waals surface area contributed by atoms with E-state index in [1.165, 1.54) is 12.1 Å². The molecule has 1 fully saturated rings. The van der Waals surface area contributed by atoms with Gasteiger partial charge < -0.3 is 15.2 Å². The number of H-pyrrole nitrogens is 1. The molecule has 26 heavy (non-hydrogen) atoms. The fourth-order valence-corrected chi connectivity index (χ4v) is 3.41. The largest absolute Gasteiger partial charge is 0.361 e. The van der Waals surface area contributed by atoms with Gasteiger partial charge >= 0.3 is 0 Å². The van der Waals surface area contributed by atoms with Crippen molar-refractivity contribution in [3.63, 3.8) is 0 Å². The highest BCUT2D eigenvalue weighted by Crippen LogP contribution is 2.22. The van der Waals surface area contributed by atoms with Gasteiger partial charge in [0.15, 0.2) is 0 Å². The average Bonchev–Trinajstić information content (AvgIpc) is 3.15. The van der Waals surface area contributed by atoms with Gasteiger partial charge in [-0.15, -0.1) is 0 Å². The summed E-state index contributed by atoms with van der Waals surface area (Å²) in [7, 11) is 0. The Bertz CT molecular complexity index is 799. The number of aromatic nitrogens is 1. The Balaban J connectivity index is 1.54. The summed E-state index contributed by atoms with van der Waals surface area (Å²) in [6, 6.07) is 4.65. The second-order valence-corrected chi connectivity index (χ2v) is 7.47. The van der Waals surface area contributed by atoms with Crippen LogP contribution >= 0.6 is 0 Å². The highest BCUT2D eigenvalue weighted by Gasteiger charge is 2.33. The second-order valence-electron chi connectivity index (χ2n) is 7.47. The smallest absolute Gasteiger partial charge is 0.225 e. The van der Waals surface area contributed by atoms with E-state index in [2.05, 4.69) is 24.1 Å². The zero-order valence-corrected chi connectivity index (χ0v) is 15.3. The van der Waals surface area contributed by atoms with Gasteiger partial charge in [0.25, 0.3) is 0 Å². The van der Waals surface area contributed by atoms with Gasteiger partial charge in [-0.2, -0.15) is 0 Å². The number of nitrogens with zero attached hydrogens (tertiary/aromatic N) is 1. The highest BCUT2D eigenvalue weighted by atomic mass is 19.1. The van der Waals surface area contributed by atoms with Gasteiger partial charge in [-0.05, 0) is 42.5 Å². The normalized spacial score (nSPS) is 17.5. The predicted molar refractivity (Wildman–Crippen MR) is 99.1 cm³/mol. The number of carbonyl (C=O) groups excluding carboxylic acids is 2. The first kappa shape index (κ1) is 18.4. The van der Waals surface area contributed by atoms with Gasteiger partial charge in [0, 0.05) is 43.2 Å². The van der Waals surface area contributed by atoms with Gasteiger partial charge in [-0.1, -0.05) is 13.8 Å². The third-order valence-corrected chi connectivity index (χ3v) is 4.99. The van der Waals surface area contributed by atoms with Crippen LogP contribution in [0.5, 0.6) is 0 Å². The number of fused-ring (bicyclic) bond motifs is 1. The molecule has 1 aliphatic rings. The summed E-state index contributed by atoms with van der Waals surface area (Å²) in [4.78, 5) is 29.3. The lowest BCUT2D eigenvalue weighted by atomic mass is 10.1. The van der Waals surface area contributed by atoms with Crippen molar-refractivity contribution in [1.82, 2.24) is 15.2 Å². The topological polar surface area (TPSA) is 65.2 Å². The first-order valence-electron chi connectivity index (χ1n) is 9.25. The zero-order chi connectivity index (χ0) is 18.7. The van der Waals surface area contributed by atoms with E-state index in [0.717, 1.165) is 22.9 Å². The number of halogens is 1. The van der Waals surface area contributed by atoms with Crippen LogP contribution < -0.4 is 5.32 Å². The minimum absolute atomic E-state index is 0.0139. The molecule has 2 N–H and O–H groups in total. The van der Waals surface area contributed by atoms with Crippen molar-refractivity contribution in [1.29, 1.82) is 0 Å². The number of rotatable bonds is 7. The van der Waals surface area contributed by atoms with Crippen LogP contribution in [0.2, 0.25) is 0 Å². The first-order chi connectivity index (χ1) is 12.4. The fraction of sp³-hybridized carbons (Fsp3) is 0.500. The lowest BCUT2D eigenvalue weighted by Crippen LogP contribution is -2.34. The zero-order valence-electron chi connectivity index (χ0n) is 15.3. The Labute approximate surface area is 152 Å². The molecule has 1 aliphatic heterocycles. The minimum Gasteiger partial charge on any atom is -0.361 e. The molecule has 2 heterocycles. The molecule has 0 saturated carbocycles. The number of nitrogens with one attached hydrogen (secondary N) is 2. The van der Waals surface area contributed by atoms with Crippen molar-refractivity contribution in [2.75, 3.05) is 19.6 Å². The quantitative estimate of drug-likeness (QED) is 0.798. The van der Waals surface area contributed by atoms with Crippen LogP contribution in [0.25, 0.3) is 10.9 Å². The van der Waals surface area contributed by atoms with Crippen molar-refractivity contribution in [3.8, 4) is 0 Å². The van der Waals surface area contributed by atoms with E-state index in [9.17, 15) is 14.0 Å². The molecule has 2 amide bonds. The number of aromatic amines is 1. The molecule has 2 aromatic rings. The number of hydrogen-bond donors (Lipinski definition) is 2. The first-order valence-corrected chi connectivity index (χ1v) is 9.25. The number of likely N-dealkylation sites (tertiary alicyclic amines) is 1. The molecule has 1 aromatic carbocycles. The van der Waals surface area contributed by atoms with Crippen LogP contribution in [0.15, 0.2) is 24.4 Å². The van der Waals surface area contributed by atoms with Gasteiger partial charge in [-0.3, -0.25) is 9.59 Å².